The lowest BCUT2D eigenvalue weighted by Crippen LogP contribution is -2.27. The van der Waals surface area contributed by atoms with Crippen molar-refractivity contribution in [3.05, 3.63) is 76.1 Å². The van der Waals surface area contributed by atoms with Gasteiger partial charge in [0.15, 0.2) is 0 Å². The van der Waals surface area contributed by atoms with Crippen molar-refractivity contribution >= 4 is 21.0 Å². The van der Waals surface area contributed by atoms with Gasteiger partial charge in [0.25, 0.3) is 0 Å². The van der Waals surface area contributed by atoms with Crippen LogP contribution in [0.4, 0.5) is 0 Å². The van der Waals surface area contributed by atoms with Crippen molar-refractivity contribution < 1.29 is 12.8 Å². The Balaban J connectivity index is 1.81. The molecule has 1 N–H and O–H groups in total. The molecular weight excluding hydrogens is 376 g/mol. The third-order valence-corrected chi connectivity index (χ3v) is 6.17. The maximum absolute atomic E-state index is 12.7. The maximum atomic E-state index is 12.7. The molecule has 0 saturated carbocycles. The Kier molecular flexibility index (Phi) is 5.98. The molecule has 0 bridgehead atoms. The zero-order chi connectivity index (χ0) is 20.3. The summed E-state index contributed by atoms with van der Waals surface area (Å²) in [5, 5.41) is 0.557. The van der Waals surface area contributed by atoms with Crippen molar-refractivity contribution in [1.82, 2.24) is 9.62 Å². The molecule has 3 rings (SSSR count). The zero-order valence-corrected chi connectivity index (χ0v) is 17.0. The Hall–Kier alpha value is -2.48. The van der Waals surface area contributed by atoms with Crippen LogP contribution in [0.2, 0.25) is 0 Å². The van der Waals surface area contributed by atoms with Crippen LogP contribution in [0.5, 0.6) is 0 Å². The third-order valence-electron chi connectivity index (χ3n) is 4.77. The summed E-state index contributed by atoms with van der Waals surface area (Å²) in [6.45, 7) is 5.18. The molecule has 0 fully saturated rings. The second-order valence-electron chi connectivity index (χ2n) is 7.06. The van der Waals surface area contributed by atoms with E-state index in [0.29, 0.717) is 17.0 Å². The van der Waals surface area contributed by atoms with Crippen molar-refractivity contribution in [3.63, 3.8) is 0 Å². The number of hydrogen-bond donors (Lipinski definition) is 1. The number of fused-ring (bicyclic) bond motifs is 1. The van der Waals surface area contributed by atoms with Crippen molar-refractivity contribution in [2.45, 2.75) is 37.9 Å². The van der Waals surface area contributed by atoms with E-state index < -0.39 is 15.6 Å². The summed E-state index contributed by atoms with van der Waals surface area (Å²) in [4.78, 5) is 13.6. The normalized spacial score (nSPS) is 12.2. The largest absolute Gasteiger partial charge is 0.423 e. The van der Waals surface area contributed by atoms with E-state index in [1.807, 2.05) is 31.3 Å². The second kappa shape index (κ2) is 8.26. The summed E-state index contributed by atoms with van der Waals surface area (Å²) in [6, 6.07) is 15.5. The molecule has 3 aromatic rings. The first-order chi connectivity index (χ1) is 13.3. The van der Waals surface area contributed by atoms with E-state index in [2.05, 4.69) is 23.5 Å². The van der Waals surface area contributed by atoms with E-state index in [1.54, 1.807) is 6.07 Å². The second-order valence-corrected chi connectivity index (χ2v) is 8.82. The summed E-state index contributed by atoms with van der Waals surface area (Å²) in [5.41, 5.74) is 1.91. The van der Waals surface area contributed by atoms with Crippen molar-refractivity contribution in [3.8, 4) is 0 Å². The van der Waals surface area contributed by atoms with Gasteiger partial charge in [-0.1, -0.05) is 24.3 Å². The van der Waals surface area contributed by atoms with Gasteiger partial charge >= 0.3 is 5.63 Å². The average molecular weight is 401 g/mol. The highest BCUT2D eigenvalue weighted by atomic mass is 32.2. The van der Waals surface area contributed by atoms with Gasteiger partial charge in [-0.15, -0.1) is 0 Å². The number of sulfonamides is 1. The van der Waals surface area contributed by atoms with Crippen LogP contribution in [0.1, 0.15) is 25.0 Å². The van der Waals surface area contributed by atoms with E-state index in [9.17, 15) is 13.2 Å². The van der Waals surface area contributed by atoms with Gasteiger partial charge in [0.05, 0.1) is 4.90 Å². The molecule has 0 spiro atoms. The standard InChI is InChI=1S/C21H24N2O4S/c1-15(2)23(3)14-18-7-5-4-6-17(18)13-22-28(25,26)19-9-10-20-16(12-19)8-11-21(24)27-20/h4-12,15,22H,13-14H2,1-3H3. The lowest BCUT2D eigenvalue weighted by molar-refractivity contribution is 0.265. The smallest absolute Gasteiger partial charge is 0.336 e. The fourth-order valence-corrected chi connectivity index (χ4v) is 3.85. The summed E-state index contributed by atoms with van der Waals surface area (Å²) >= 11 is 0. The molecular formula is C21H24N2O4S. The van der Waals surface area contributed by atoms with Gasteiger partial charge in [-0.25, -0.2) is 17.9 Å². The average Bonchev–Trinajstić information content (AvgIpc) is 2.66. The minimum absolute atomic E-state index is 0.130. The van der Waals surface area contributed by atoms with Crippen molar-refractivity contribution in [1.29, 1.82) is 0 Å². The quantitative estimate of drug-likeness (QED) is 0.617. The topological polar surface area (TPSA) is 79.6 Å². The molecule has 0 radical (unpaired) electrons. The molecule has 0 unspecified atom stereocenters. The fraction of sp³-hybridized carbons (Fsp3) is 0.286. The molecule has 148 valence electrons. The number of nitrogens with one attached hydrogen (secondary N) is 1. The molecule has 6 nitrogen and oxygen atoms in total. The molecule has 1 heterocycles. The first kappa shape index (κ1) is 20.3. The zero-order valence-electron chi connectivity index (χ0n) is 16.2. The highest BCUT2D eigenvalue weighted by Crippen LogP contribution is 2.19. The number of benzene rings is 2. The van der Waals surface area contributed by atoms with Gasteiger partial charge in [-0.3, -0.25) is 4.90 Å². The summed E-state index contributed by atoms with van der Waals surface area (Å²) in [6.07, 6.45) is 0. The Labute approximate surface area is 164 Å². The highest BCUT2D eigenvalue weighted by molar-refractivity contribution is 7.89. The first-order valence-corrected chi connectivity index (χ1v) is 10.6. The van der Waals surface area contributed by atoms with Gasteiger partial charge < -0.3 is 4.42 Å². The number of rotatable bonds is 7. The van der Waals surface area contributed by atoms with Gasteiger partial charge in [0, 0.05) is 30.6 Å². The van der Waals surface area contributed by atoms with Crippen molar-refractivity contribution in [2.75, 3.05) is 7.05 Å². The fourth-order valence-electron chi connectivity index (χ4n) is 2.81. The Morgan fingerprint density at radius 2 is 1.75 bits per heavy atom. The van der Waals surface area contributed by atoms with E-state index >= 15 is 0 Å². The van der Waals surface area contributed by atoms with E-state index in [1.165, 1.54) is 24.3 Å². The summed E-state index contributed by atoms with van der Waals surface area (Å²) in [7, 11) is -1.66. The lowest BCUT2D eigenvalue weighted by Gasteiger charge is -2.22. The van der Waals surface area contributed by atoms with Gasteiger partial charge in [-0.05, 0) is 56.3 Å². The van der Waals surface area contributed by atoms with Crippen LogP contribution in [0.3, 0.4) is 0 Å². The Morgan fingerprint density at radius 1 is 1.04 bits per heavy atom. The first-order valence-electron chi connectivity index (χ1n) is 9.07. The van der Waals surface area contributed by atoms with Crippen LogP contribution in [0.15, 0.2) is 68.7 Å². The Bertz CT molecular complexity index is 1140. The van der Waals surface area contributed by atoms with E-state index in [4.69, 9.17) is 4.42 Å². The summed E-state index contributed by atoms with van der Waals surface area (Å²) < 4.78 is 33.2. The Morgan fingerprint density at radius 3 is 2.46 bits per heavy atom. The van der Waals surface area contributed by atoms with Crippen LogP contribution < -0.4 is 10.3 Å². The third kappa shape index (κ3) is 4.67. The van der Waals surface area contributed by atoms with Crippen LogP contribution in [-0.4, -0.2) is 26.4 Å². The highest BCUT2D eigenvalue weighted by Gasteiger charge is 2.16. The molecule has 0 aliphatic heterocycles. The lowest BCUT2D eigenvalue weighted by atomic mass is 10.1. The minimum atomic E-state index is -3.71. The molecule has 0 aliphatic carbocycles. The van der Waals surface area contributed by atoms with E-state index in [0.717, 1.165) is 17.7 Å². The molecule has 7 heteroatoms. The predicted molar refractivity (Wildman–Crippen MR) is 110 cm³/mol. The SMILES string of the molecule is CC(C)N(C)Cc1ccccc1CNS(=O)(=O)c1ccc2oc(=O)ccc2c1. The van der Waals surface area contributed by atoms with E-state index in [-0.39, 0.29) is 11.4 Å². The van der Waals surface area contributed by atoms with Crippen molar-refractivity contribution in [2.24, 2.45) is 0 Å². The van der Waals surface area contributed by atoms with Gasteiger partial charge in [0.1, 0.15) is 5.58 Å². The molecule has 0 atom stereocenters. The molecule has 0 aliphatic rings. The number of nitrogens with zero attached hydrogens (tertiary/aromatic N) is 1. The maximum Gasteiger partial charge on any atom is 0.336 e. The van der Waals surface area contributed by atoms with Crippen LogP contribution in [-0.2, 0) is 23.1 Å². The molecule has 2 aromatic carbocycles. The molecule has 0 saturated heterocycles. The molecule has 28 heavy (non-hydrogen) atoms. The van der Waals surface area contributed by atoms with Crippen LogP contribution >= 0.6 is 0 Å². The minimum Gasteiger partial charge on any atom is -0.423 e. The van der Waals surface area contributed by atoms with Crippen LogP contribution in [0.25, 0.3) is 11.0 Å². The monoisotopic (exact) mass is 400 g/mol. The molecule has 1 aromatic heterocycles. The molecule has 0 amide bonds. The summed E-state index contributed by atoms with van der Waals surface area (Å²) in [5.74, 6) is 0. The van der Waals surface area contributed by atoms with Crippen LogP contribution in [0, 0.1) is 0 Å². The van der Waals surface area contributed by atoms with Gasteiger partial charge in [0.2, 0.25) is 10.0 Å². The number of hydrogen-bond acceptors (Lipinski definition) is 5. The predicted octanol–water partition coefficient (Wildman–Crippen LogP) is 3.11. The van der Waals surface area contributed by atoms with Gasteiger partial charge in [-0.2, -0.15) is 0 Å².